The first-order chi connectivity index (χ1) is 11.8. The van der Waals surface area contributed by atoms with Crippen molar-refractivity contribution < 1.29 is 14.9 Å². The van der Waals surface area contributed by atoms with Crippen LogP contribution >= 0.6 is 0 Å². The van der Waals surface area contributed by atoms with Gasteiger partial charge in [-0.15, -0.1) is 0 Å². The van der Waals surface area contributed by atoms with E-state index in [1.165, 1.54) is 57.8 Å². The lowest BCUT2D eigenvalue weighted by atomic mass is 9.74. The quantitative estimate of drug-likeness (QED) is 0.445. The van der Waals surface area contributed by atoms with Gasteiger partial charge in [-0.25, -0.2) is 0 Å². The number of hydrogen-bond donors (Lipinski definition) is 2. The van der Waals surface area contributed by atoms with E-state index < -0.39 is 0 Å². The first-order valence-corrected chi connectivity index (χ1v) is 10.7. The van der Waals surface area contributed by atoms with Crippen molar-refractivity contribution in [2.45, 2.75) is 115 Å². The third-order valence-electron chi connectivity index (χ3n) is 6.26. The van der Waals surface area contributed by atoms with E-state index in [9.17, 15) is 5.11 Å². The van der Waals surface area contributed by atoms with Crippen molar-refractivity contribution in [3.8, 4) is 0 Å². The molecule has 142 valence electrons. The fourth-order valence-corrected chi connectivity index (χ4v) is 4.85. The second-order valence-corrected chi connectivity index (χ2v) is 8.13. The van der Waals surface area contributed by atoms with Gasteiger partial charge in [0.05, 0.1) is 18.3 Å². The summed E-state index contributed by atoms with van der Waals surface area (Å²) in [5.74, 6) is 1.44. The van der Waals surface area contributed by atoms with Crippen LogP contribution in [0.2, 0.25) is 0 Å². The van der Waals surface area contributed by atoms with Gasteiger partial charge in [-0.05, 0) is 56.8 Å². The lowest BCUT2D eigenvalue weighted by Gasteiger charge is -2.28. The van der Waals surface area contributed by atoms with Gasteiger partial charge < -0.3 is 14.9 Å². The van der Waals surface area contributed by atoms with Crippen LogP contribution in [-0.4, -0.2) is 35.1 Å². The predicted molar refractivity (Wildman–Crippen MR) is 99.0 cm³/mol. The van der Waals surface area contributed by atoms with E-state index in [0.29, 0.717) is 24.7 Å². The molecule has 2 saturated heterocycles. The van der Waals surface area contributed by atoms with Crippen LogP contribution in [0.5, 0.6) is 0 Å². The van der Waals surface area contributed by atoms with Crippen LogP contribution in [0.4, 0.5) is 0 Å². The summed E-state index contributed by atoms with van der Waals surface area (Å²) in [6.07, 6.45) is 17.4. The van der Waals surface area contributed by atoms with Gasteiger partial charge in [0, 0.05) is 6.61 Å². The number of ether oxygens (including phenoxy) is 1. The normalized spacial score (nSPS) is 30.1. The van der Waals surface area contributed by atoms with Crippen molar-refractivity contribution in [1.29, 1.82) is 0 Å². The largest absolute Gasteiger partial charge is 0.396 e. The van der Waals surface area contributed by atoms with E-state index in [-0.39, 0.29) is 6.10 Å². The molecule has 2 bridgehead atoms. The maximum atomic E-state index is 10.2. The van der Waals surface area contributed by atoms with Crippen LogP contribution < -0.4 is 0 Å². The van der Waals surface area contributed by atoms with Crippen LogP contribution in [0.25, 0.3) is 0 Å². The minimum absolute atomic E-state index is 0.102. The molecule has 5 atom stereocenters. The standard InChI is InChI=1S/C21H40O3/c1-2-3-7-10-17(23)12-13-19-18(20-14-15-21(19)24-20)11-8-5-4-6-9-16-22/h17-23H,2-16H2,1H3. The molecule has 0 aliphatic carbocycles. The summed E-state index contributed by atoms with van der Waals surface area (Å²) in [4.78, 5) is 0. The summed E-state index contributed by atoms with van der Waals surface area (Å²) in [7, 11) is 0. The van der Waals surface area contributed by atoms with Crippen molar-refractivity contribution >= 4 is 0 Å². The first-order valence-electron chi connectivity index (χ1n) is 10.7. The number of aliphatic hydroxyl groups excluding tert-OH is 2. The molecule has 5 unspecified atom stereocenters. The van der Waals surface area contributed by atoms with Crippen molar-refractivity contribution in [2.24, 2.45) is 11.8 Å². The molecule has 2 aliphatic heterocycles. The molecule has 0 amide bonds. The molecular weight excluding hydrogens is 300 g/mol. The first kappa shape index (κ1) is 20.2. The summed E-state index contributed by atoms with van der Waals surface area (Å²) in [5.41, 5.74) is 0. The Morgan fingerprint density at radius 1 is 0.833 bits per heavy atom. The van der Waals surface area contributed by atoms with Crippen LogP contribution in [0, 0.1) is 11.8 Å². The van der Waals surface area contributed by atoms with E-state index in [1.54, 1.807) is 0 Å². The molecular formula is C21H40O3. The molecule has 2 fully saturated rings. The predicted octanol–water partition coefficient (Wildman–Crippen LogP) is 4.83. The lowest BCUT2D eigenvalue weighted by molar-refractivity contribution is 0.0825. The Labute approximate surface area is 149 Å². The molecule has 0 aromatic heterocycles. The van der Waals surface area contributed by atoms with Gasteiger partial charge in [0.1, 0.15) is 0 Å². The zero-order chi connectivity index (χ0) is 17.2. The smallest absolute Gasteiger partial charge is 0.0611 e. The van der Waals surface area contributed by atoms with Gasteiger partial charge in [-0.2, -0.15) is 0 Å². The summed E-state index contributed by atoms with van der Waals surface area (Å²) >= 11 is 0. The molecule has 0 aromatic carbocycles. The molecule has 2 aliphatic rings. The van der Waals surface area contributed by atoms with Gasteiger partial charge in [0.2, 0.25) is 0 Å². The third kappa shape index (κ3) is 6.31. The van der Waals surface area contributed by atoms with Crippen molar-refractivity contribution in [1.82, 2.24) is 0 Å². The summed E-state index contributed by atoms with van der Waals surface area (Å²) in [6.45, 7) is 2.55. The number of aliphatic hydroxyl groups is 2. The van der Waals surface area contributed by atoms with E-state index in [1.807, 2.05) is 0 Å². The Hall–Kier alpha value is -0.120. The van der Waals surface area contributed by atoms with Gasteiger partial charge in [0.15, 0.2) is 0 Å². The minimum Gasteiger partial charge on any atom is -0.396 e. The van der Waals surface area contributed by atoms with E-state index >= 15 is 0 Å². The zero-order valence-electron chi connectivity index (χ0n) is 15.8. The molecule has 24 heavy (non-hydrogen) atoms. The van der Waals surface area contributed by atoms with Crippen molar-refractivity contribution in [3.63, 3.8) is 0 Å². The number of fused-ring (bicyclic) bond motifs is 2. The summed E-state index contributed by atoms with van der Waals surface area (Å²) in [5, 5.41) is 19.1. The van der Waals surface area contributed by atoms with Crippen molar-refractivity contribution in [2.75, 3.05) is 6.61 Å². The topological polar surface area (TPSA) is 49.7 Å². The van der Waals surface area contributed by atoms with Gasteiger partial charge in [-0.1, -0.05) is 51.9 Å². The molecule has 0 saturated carbocycles. The average Bonchev–Trinajstić information content (AvgIpc) is 3.18. The number of rotatable bonds is 14. The summed E-state index contributed by atoms with van der Waals surface area (Å²) < 4.78 is 6.21. The van der Waals surface area contributed by atoms with Crippen LogP contribution in [-0.2, 0) is 4.74 Å². The highest BCUT2D eigenvalue weighted by atomic mass is 16.5. The molecule has 0 radical (unpaired) electrons. The van der Waals surface area contributed by atoms with Crippen LogP contribution in [0.3, 0.4) is 0 Å². The van der Waals surface area contributed by atoms with E-state index in [2.05, 4.69) is 6.92 Å². The number of unbranched alkanes of at least 4 members (excludes halogenated alkanes) is 6. The highest BCUT2D eigenvalue weighted by Gasteiger charge is 2.47. The second kappa shape index (κ2) is 11.5. The Balaban J connectivity index is 1.65. The minimum atomic E-state index is -0.102. The Morgan fingerprint density at radius 2 is 1.50 bits per heavy atom. The Bertz CT molecular complexity index is 320. The number of hydrogen-bond acceptors (Lipinski definition) is 3. The molecule has 0 aromatic rings. The maximum Gasteiger partial charge on any atom is 0.0611 e. The maximum absolute atomic E-state index is 10.2. The molecule has 2 N–H and O–H groups in total. The highest BCUT2D eigenvalue weighted by Crippen LogP contribution is 2.47. The fraction of sp³-hybridized carbons (Fsp3) is 1.00. The van der Waals surface area contributed by atoms with Crippen molar-refractivity contribution in [3.05, 3.63) is 0 Å². The third-order valence-corrected chi connectivity index (χ3v) is 6.26. The average molecular weight is 341 g/mol. The zero-order valence-corrected chi connectivity index (χ0v) is 15.8. The Morgan fingerprint density at radius 3 is 2.21 bits per heavy atom. The lowest BCUT2D eigenvalue weighted by Crippen LogP contribution is -2.28. The van der Waals surface area contributed by atoms with Gasteiger partial charge in [0.25, 0.3) is 0 Å². The monoisotopic (exact) mass is 340 g/mol. The van der Waals surface area contributed by atoms with Gasteiger partial charge in [-0.3, -0.25) is 0 Å². The molecule has 2 rings (SSSR count). The van der Waals surface area contributed by atoms with E-state index in [4.69, 9.17) is 9.84 Å². The molecule has 3 heteroatoms. The van der Waals surface area contributed by atoms with Crippen LogP contribution in [0.1, 0.15) is 96.8 Å². The Kier molecular flexibility index (Phi) is 9.67. The molecule has 3 nitrogen and oxygen atoms in total. The second-order valence-electron chi connectivity index (χ2n) is 8.13. The van der Waals surface area contributed by atoms with Gasteiger partial charge >= 0.3 is 0 Å². The fourth-order valence-electron chi connectivity index (χ4n) is 4.85. The SMILES string of the molecule is CCCCCC(O)CCC1C2CCC(O2)C1CCCCCCCO. The highest BCUT2D eigenvalue weighted by molar-refractivity contribution is 4.96. The molecule has 0 spiro atoms. The molecule has 2 heterocycles. The van der Waals surface area contributed by atoms with E-state index in [0.717, 1.165) is 38.0 Å². The van der Waals surface area contributed by atoms with Crippen LogP contribution in [0.15, 0.2) is 0 Å². The summed E-state index contributed by atoms with van der Waals surface area (Å²) in [6, 6.07) is 0.